The average molecular weight is 342 g/mol. The smallest absolute Gasteiger partial charge is 0.410 e. The topological polar surface area (TPSA) is 54.5 Å². The van der Waals surface area contributed by atoms with Crippen LogP contribution in [-0.4, -0.2) is 40.2 Å². The third kappa shape index (κ3) is 6.65. The number of hydrogen-bond donors (Lipinski definition) is 1. The van der Waals surface area contributed by atoms with Crippen LogP contribution in [0.4, 0.5) is 10.5 Å². The van der Waals surface area contributed by atoms with Gasteiger partial charge in [-0.1, -0.05) is 11.6 Å². The summed E-state index contributed by atoms with van der Waals surface area (Å²) in [5.74, 6) is 0. The molecule has 5 nitrogen and oxygen atoms in total. The number of nitrogens with one attached hydrogen (secondary N) is 1. The van der Waals surface area contributed by atoms with Crippen LogP contribution in [0.3, 0.4) is 0 Å². The first-order chi connectivity index (χ1) is 10.4. The van der Waals surface area contributed by atoms with E-state index in [1.165, 1.54) is 0 Å². The fourth-order valence-corrected chi connectivity index (χ4v) is 2.09. The molecule has 1 heterocycles. The lowest BCUT2D eigenvalue weighted by atomic mass is 10.1. The Morgan fingerprint density at radius 3 is 2.39 bits per heavy atom. The minimum atomic E-state index is -0.509. The number of anilines is 1. The van der Waals surface area contributed by atoms with Gasteiger partial charge in [-0.25, -0.2) is 9.78 Å². The lowest BCUT2D eigenvalue weighted by molar-refractivity contribution is 0.00749. The van der Waals surface area contributed by atoms with Crippen LogP contribution in [-0.2, 0) is 4.74 Å². The zero-order valence-corrected chi connectivity index (χ0v) is 15.9. The quantitative estimate of drug-likeness (QED) is 0.820. The second-order valence-electron chi connectivity index (χ2n) is 7.56. The van der Waals surface area contributed by atoms with Crippen LogP contribution >= 0.6 is 11.6 Å². The summed E-state index contributed by atoms with van der Waals surface area (Å²) in [5, 5.41) is 3.76. The molecule has 0 spiro atoms. The third-order valence-electron chi connectivity index (χ3n) is 3.10. The molecule has 0 fully saturated rings. The molecule has 6 heteroatoms. The average Bonchev–Trinajstić information content (AvgIpc) is 2.35. The Kier molecular flexibility index (Phi) is 6.28. The first-order valence-electron chi connectivity index (χ1n) is 7.77. The highest BCUT2D eigenvalue weighted by molar-refractivity contribution is 6.30. The third-order valence-corrected chi connectivity index (χ3v) is 3.50. The monoisotopic (exact) mass is 341 g/mol. The van der Waals surface area contributed by atoms with Crippen molar-refractivity contribution in [2.45, 2.75) is 59.6 Å². The number of amides is 1. The number of nitrogens with zero attached hydrogens (tertiary/aromatic N) is 2. The number of rotatable bonds is 4. The molecule has 1 rings (SSSR count). The Hall–Kier alpha value is -1.49. The molecule has 0 aliphatic heterocycles. The Morgan fingerprint density at radius 2 is 1.91 bits per heavy atom. The van der Waals surface area contributed by atoms with Crippen molar-refractivity contribution in [3.63, 3.8) is 0 Å². The van der Waals surface area contributed by atoms with Gasteiger partial charge in [0.25, 0.3) is 0 Å². The highest BCUT2D eigenvalue weighted by Gasteiger charge is 2.30. The molecule has 1 aromatic rings. The number of hydrogen-bond acceptors (Lipinski definition) is 4. The molecule has 130 valence electrons. The first-order valence-corrected chi connectivity index (χ1v) is 8.14. The molecule has 0 atom stereocenters. The number of halogens is 1. The Labute approximate surface area is 144 Å². The van der Waals surface area contributed by atoms with E-state index in [0.717, 1.165) is 11.3 Å². The van der Waals surface area contributed by atoms with Gasteiger partial charge in [-0.05, 0) is 60.1 Å². The minimum Gasteiger partial charge on any atom is -0.444 e. The molecular weight excluding hydrogens is 314 g/mol. The molecule has 0 saturated carbocycles. The van der Waals surface area contributed by atoms with Gasteiger partial charge >= 0.3 is 6.09 Å². The van der Waals surface area contributed by atoms with Crippen molar-refractivity contribution < 1.29 is 9.53 Å². The van der Waals surface area contributed by atoms with E-state index in [0.29, 0.717) is 18.2 Å². The predicted molar refractivity (Wildman–Crippen MR) is 95.2 cm³/mol. The van der Waals surface area contributed by atoms with Crippen LogP contribution in [0.2, 0.25) is 5.15 Å². The molecule has 1 aromatic heterocycles. The lowest BCUT2D eigenvalue weighted by Crippen LogP contribution is -2.49. The van der Waals surface area contributed by atoms with E-state index in [-0.39, 0.29) is 11.6 Å². The summed E-state index contributed by atoms with van der Waals surface area (Å²) in [5.41, 5.74) is 0.963. The van der Waals surface area contributed by atoms with Crippen LogP contribution in [0.1, 0.15) is 47.1 Å². The van der Waals surface area contributed by atoms with Gasteiger partial charge in [0, 0.05) is 18.6 Å². The largest absolute Gasteiger partial charge is 0.444 e. The second-order valence-corrected chi connectivity index (χ2v) is 7.92. The number of carbonyl (C=O) groups excluding carboxylic acids is 1. The maximum Gasteiger partial charge on any atom is 0.410 e. The van der Waals surface area contributed by atoms with Gasteiger partial charge < -0.3 is 15.0 Å². The van der Waals surface area contributed by atoms with Gasteiger partial charge in [-0.2, -0.15) is 0 Å². The fourth-order valence-electron chi connectivity index (χ4n) is 1.98. The number of carbonyl (C=O) groups is 1. The standard InChI is InChI=1S/C17H28ClN3O2/c1-12-10-13(11-20-14(12)18)19-8-9-21(16(2,3)4)15(22)23-17(5,6)7/h10-11,19H,8-9H2,1-7H3. The molecule has 0 bridgehead atoms. The second kappa shape index (κ2) is 7.39. The van der Waals surface area contributed by atoms with Gasteiger partial charge in [0.15, 0.2) is 0 Å². The summed E-state index contributed by atoms with van der Waals surface area (Å²) in [7, 11) is 0. The van der Waals surface area contributed by atoms with Crippen LogP contribution in [0.5, 0.6) is 0 Å². The summed E-state index contributed by atoms with van der Waals surface area (Å²) in [4.78, 5) is 18.2. The van der Waals surface area contributed by atoms with Crippen LogP contribution in [0.25, 0.3) is 0 Å². The highest BCUT2D eigenvalue weighted by Crippen LogP contribution is 2.19. The molecule has 0 aliphatic carbocycles. The van der Waals surface area contributed by atoms with Crippen LogP contribution in [0.15, 0.2) is 12.3 Å². The van der Waals surface area contributed by atoms with Crippen molar-refractivity contribution in [2.75, 3.05) is 18.4 Å². The highest BCUT2D eigenvalue weighted by atomic mass is 35.5. The maximum absolute atomic E-state index is 12.4. The number of pyridine rings is 1. The SMILES string of the molecule is Cc1cc(NCCN(C(=O)OC(C)(C)C)C(C)(C)C)cnc1Cl. The maximum atomic E-state index is 12.4. The molecule has 1 amide bonds. The molecule has 23 heavy (non-hydrogen) atoms. The van der Waals surface area contributed by atoms with Gasteiger partial charge in [0.1, 0.15) is 10.8 Å². The van der Waals surface area contributed by atoms with Crippen molar-refractivity contribution >= 4 is 23.4 Å². The van der Waals surface area contributed by atoms with E-state index in [2.05, 4.69) is 10.3 Å². The van der Waals surface area contributed by atoms with E-state index in [1.54, 1.807) is 11.1 Å². The lowest BCUT2D eigenvalue weighted by Gasteiger charge is -2.37. The van der Waals surface area contributed by atoms with Crippen LogP contribution in [0, 0.1) is 6.92 Å². The zero-order chi connectivity index (χ0) is 17.8. The Balaban J connectivity index is 2.68. The molecule has 0 unspecified atom stereocenters. The zero-order valence-electron chi connectivity index (χ0n) is 15.2. The van der Waals surface area contributed by atoms with Crippen molar-refractivity contribution in [1.29, 1.82) is 0 Å². The van der Waals surface area contributed by atoms with Crippen molar-refractivity contribution in [3.8, 4) is 0 Å². The van der Waals surface area contributed by atoms with Gasteiger partial charge in [-0.15, -0.1) is 0 Å². The fraction of sp³-hybridized carbons (Fsp3) is 0.647. The molecular formula is C17H28ClN3O2. The molecule has 0 aromatic carbocycles. The molecule has 0 saturated heterocycles. The van der Waals surface area contributed by atoms with Crippen LogP contribution < -0.4 is 5.32 Å². The Bertz CT molecular complexity index is 548. The summed E-state index contributed by atoms with van der Waals surface area (Å²) in [6.07, 6.45) is 1.38. The summed E-state index contributed by atoms with van der Waals surface area (Å²) in [6.45, 7) is 14.6. The Morgan fingerprint density at radius 1 is 1.30 bits per heavy atom. The van der Waals surface area contributed by atoms with E-state index < -0.39 is 5.60 Å². The molecule has 0 aliphatic rings. The number of aromatic nitrogens is 1. The predicted octanol–water partition coefficient (Wildman–Crippen LogP) is 4.49. The summed E-state index contributed by atoms with van der Waals surface area (Å²) >= 11 is 5.92. The molecule has 0 radical (unpaired) electrons. The van der Waals surface area contributed by atoms with E-state index >= 15 is 0 Å². The first kappa shape index (κ1) is 19.6. The number of aryl methyl sites for hydroxylation is 1. The van der Waals surface area contributed by atoms with E-state index in [4.69, 9.17) is 16.3 Å². The number of ether oxygens (including phenoxy) is 1. The van der Waals surface area contributed by atoms with Crippen molar-refractivity contribution in [3.05, 3.63) is 23.0 Å². The van der Waals surface area contributed by atoms with Gasteiger partial charge in [0.2, 0.25) is 0 Å². The summed E-state index contributed by atoms with van der Waals surface area (Å²) in [6, 6.07) is 1.93. The molecule has 1 N–H and O–H groups in total. The van der Waals surface area contributed by atoms with Crippen molar-refractivity contribution in [2.24, 2.45) is 0 Å². The van der Waals surface area contributed by atoms with E-state index in [9.17, 15) is 4.79 Å². The minimum absolute atomic E-state index is 0.308. The van der Waals surface area contributed by atoms with Gasteiger partial charge in [-0.3, -0.25) is 0 Å². The van der Waals surface area contributed by atoms with Crippen molar-refractivity contribution in [1.82, 2.24) is 9.88 Å². The normalized spacial score (nSPS) is 12.0. The van der Waals surface area contributed by atoms with E-state index in [1.807, 2.05) is 54.5 Å². The van der Waals surface area contributed by atoms with Gasteiger partial charge in [0.05, 0.1) is 11.9 Å². The summed E-state index contributed by atoms with van der Waals surface area (Å²) < 4.78 is 5.49.